The zero-order chi connectivity index (χ0) is 9.26. The summed E-state index contributed by atoms with van der Waals surface area (Å²) in [6.07, 6.45) is 0. The van der Waals surface area contributed by atoms with E-state index in [4.69, 9.17) is 11.6 Å². The summed E-state index contributed by atoms with van der Waals surface area (Å²) in [5.41, 5.74) is 0. The van der Waals surface area contributed by atoms with E-state index >= 15 is 0 Å². The van der Waals surface area contributed by atoms with Crippen molar-refractivity contribution in [2.45, 2.75) is 19.0 Å². The maximum Gasteiger partial charge on any atom is 0.0931 e. The molecule has 0 bridgehead atoms. The Morgan fingerprint density at radius 1 is 1.54 bits per heavy atom. The van der Waals surface area contributed by atoms with Crippen LogP contribution in [0.2, 0.25) is 4.34 Å². The molecule has 0 amide bonds. The highest BCUT2D eigenvalue weighted by Crippen LogP contribution is 2.28. The third kappa shape index (κ3) is 2.40. The van der Waals surface area contributed by atoms with Crippen molar-refractivity contribution in [2.75, 3.05) is 11.5 Å². The largest absolute Gasteiger partial charge is 0.305 e. The van der Waals surface area contributed by atoms with E-state index in [-0.39, 0.29) is 0 Å². The first-order valence-electron chi connectivity index (χ1n) is 4.35. The Bertz CT molecular complexity index is 283. The molecule has 1 aliphatic rings. The molecular formula is C9H12ClNS2. The van der Waals surface area contributed by atoms with Crippen LogP contribution < -0.4 is 5.32 Å². The summed E-state index contributed by atoms with van der Waals surface area (Å²) in [6, 6.07) is 5.23. The normalized spacial score (nSPS) is 19.8. The van der Waals surface area contributed by atoms with Gasteiger partial charge in [0.1, 0.15) is 0 Å². The second kappa shape index (κ2) is 4.22. The van der Waals surface area contributed by atoms with Crippen molar-refractivity contribution in [3.05, 3.63) is 21.3 Å². The van der Waals surface area contributed by atoms with E-state index in [1.807, 2.05) is 17.8 Å². The highest BCUT2D eigenvalue weighted by molar-refractivity contribution is 8.00. The van der Waals surface area contributed by atoms with Gasteiger partial charge in [0.15, 0.2) is 0 Å². The number of rotatable bonds is 3. The van der Waals surface area contributed by atoms with Gasteiger partial charge in [0.2, 0.25) is 0 Å². The number of halogens is 1. The molecule has 0 aromatic carbocycles. The molecule has 1 saturated heterocycles. The van der Waals surface area contributed by atoms with Crippen molar-refractivity contribution in [1.82, 2.24) is 5.32 Å². The molecule has 1 fully saturated rings. The molecule has 1 aliphatic heterocycles. The van der Waals surface area contributed by atoms with Gasteiger partial charge in [-0.3, -0.25) is 0 Å². The van der Waals surface area contributed by atoms with E-state index in [1.54, 1.807) is 11.3 Å². The highest BCUT2D eigenvalue weighted by Gasteiger charge is 2.20. The summed E-state index contributed by atoms with van der Waals surface area (Å²) >= 11 is 9.55. The lowest BCUT2D eigenvalue weighted by molar-refractivity contribution is 0.508. The first kappa shape index (κ1) is 9.84. The fraction of sp³-hybridized carbons (Fsp3) is 0.556. The smallest absolute Gasteiger partial charge is 0.0931 e. The molecular weight excluding hydrogens is 222 g/mol. The number of nitrogens with one attached hydrogen (secondary N) is 1. The molecule has 0 saturated carbocycles. The van der Waals surface area contributed by atoms with Gasteiger partial charge in [0.25, 0.3) is 0 Å². The SMILES string of the molecule is CC(NC1CSC1)c1ccc(Cl)s1. The molecule has 4 heteroatoms. The van der Waals surface area contributed by atoms with Gasteiger partial charge in [0.05, 0.1) is 4.34 Å². The molecule has 1 N–H and O–H groups in total. The number of thioether (sulfide) groups is 1. The van der Waals surface area contributed by atoms with E-state index in [1.165, 1.54) is 16.4 Å². The van der Waals surface area contributed by atoms with E-state index in [0.29, 0.717) is 12.1 Å². The molecule has 72 valence electrons. The lowest BCUT2D eigenvalue weighted by Gasteiger charge is -2.29. The Kier molecular flexibility index (Phi) is 3.19. The van der Waals surface area contributed by atoms with Crippen LogP contribution in [-0.2, 0) is 0 Å². The van der Waals surface area contributed by atoms with Crippen LogP contribution in [0.1, 0.15) is 17.8 Å². The Morgan fingerprint density at radius 3 is 2.77 bits per heavy atom. The molecule has 1 aromatic heterocycles. The zero-order valence-electron chi connectivity index (χ0n) is 7.42. The topological polar surface area (TPSA) is 12.0 Å². The average molecular weight is 234 g/mol. The lowest BCUT2D eigenvalue weighted by atomic mass is 10.2. The van der Waals surface area contributed by atoms with Gasteiger partial charge < -0.3 is 5.32 Å². The molecule has 13 heavy (non-hydrogen) atoms. The minimum Gasteiger partial charge on any atom is -0.305 e. The summed E-state index contributed by atoms with van der Waals surface area (Å²) < 4.78 is 0.881. The van der Waals surface area contributed by atoms with Crippen molar-refractivity contribution in [3.8, 4) is 0 Å². The maximum absolute atomic E-state index is 5.88. The van der Waals surface area contributed by atoms with Crippen molar-refractivity contribution in [3.63, 3.8) is 0 Å². The molecule has 0 spiro atoms. The third-order valence-corrected chi connectivity index (χ3v) is 4.83. The summed E-state index contributed by atoms with van der Waals surface area (Å²) in [7, 11) is 0. The molecule has 2 heterocycles. The predicted octanol–water partition coefficient (Wildman–Crippen LogP) is 3.17. The van der Waals surface area contributed by atoms with E-state index < -0.39 is 0 Å². The van der Waals surface area contributed by atoms with Crippen molar-refractivity contribution in [2.24, 2.45) is 0 Å². The summed E-state index contributed by atoms with van der Waals surface area (Å²) in [6.45, 7) is 2.20. The number of hydrogen-bond donors (Lipinski definition) is 1. The van der Waals surface area contributed by atoms with Gasteiger partial charge in [-0.15, -0.1) is 11.3 Å². The molecule has 1 aromatic rings. The third-order valence-electron chi connectivity index (χ3n) is 2.14. The second-order valence-corrected chi connectivity index (χ2v) is 6.09. The summed E-state index contributed by atoms with van der Waals surface area (Å²) in [5.74, 6) is 2.51. The minimum atomic E-state index is 0.448. The minimum absolute atomic E-state index is 0.448. The first-order chi connectivity index (χ1) is 6.25. The predicted molar refractivity (Wildman–Crippen MR) is 62.0 cm³/mol. The average Bonchev–Trinajstić information content (AvgIpc) is 2.44. The zero-order valence-corrected chi connectivity index (χ0v) is 9.81. The van der Waals surface area contributed by atoms with Crippen molar-refractivity contribution >= 4 is 34.7 Å². The van der Waals surface area contributed by atoms with Gasteiger partial charge >= 0.3 is 0 Å². The second-order valence-electron chi connectivity index (χ2n) is 3.26. The highest BCUT2D eigenvalue weighted by atomic mass is 35.5. The molecule has 1 unspecified atom stereocenters. The van der Waals surface area contributed by atoms with Gasteiger partial charge in [-0.25, -0.2) is 0 Å². The lowest BCUT2D eigenvalue weighted by Crippen LogP contribution is -2.41. The number of thiophene rings is 1. The molecule has 1 nitrogen and oxygen atoms in total. The van der Waals surface area contributed by atoms with Crippen LogP contribution in [0.4, 0.5) is 0 Å². The Morgan fingerprint density at radius 2 is 2.31 bits per heavy atom. The quantitative estimate of drug-likeness (QED) is 0.861. The van der Waals surface area contributed by atoms with Crippen LogP contribution in [0, 0.1) is 0 Å². The van der Waals surface area contributed by atoms with Crippen LogP contribution in [0.25, 0.3) is 0 Å². The fourth-order valence-electron chi connectivity index (χ4n) is 1.33. The van der Waals surface area contributed by atoms with Gasteiger partial charge in [-0.1, -0.05) is 11.6 Å². The van der Waals surface area contributed by atoms with Crippen LogP contribution in [0.15, 0.2) is 12.1 Å². The molecule has 0 aliphatic carbocycles. The first-order valence-corrected chi connectivity index (χ1v) is 6.69. The van der Waals surface area contributed by atoms with Gasteiger partial charge in [-0.2, -0.15) is 11.8 Å². The standard InChI is InChI=1S/C9H12ClNS2/c1-6(11-7-4-12-5-7)8-2-3-9(10)13-8/h2-3,6-7,11H,4-5H2,1H3. The van der Waals surface area contributed by atoms with Crippen LogP contribution >= 0.6 is 34.7 Å². The molecule has 0 radical (unpaired) electrons. The van der Waals surface area contributed by atoms with Gasteiger partial charge in [-0.05, 0) is 19.1 Å². The monoisotopic (exact) mass is 233 g/mol. The summed E-state index contributed by atoms with van der Waals surface area (Å²) in [5, 5.41) is 3.58. The van der Waals surface area contributed by atoms with Crippen LogP contribution in [-0.4, -0.2) is 17.5 Å². The van der Waals surface area contributed by atoms with E-state index in [9.17, 15) is 0 Å². The summed E-state index contributed by atoms with van der Waals surface area (Å²) in [4.78, 5) is 1.34. The fourth-order valence-corrected chi connectivity index (χ4v) is 3.06. The van der Waals surface area contributed by atoms with Crippen LogP contribution in [0.5, 0.6) is 0 Å². The Hall–Kier alpha value is 0.300. The van der Waals surface area contributed by atoms with Gasteiger partial charge in [0, 0.05) is 28.5 Å². The molecule has 1 atom stereocenters. The van der Waals surface area contributed by atoms with E-state index in [0.717, 1.165) is 4.34 Å². The van der Waals surface area contributed by atoms with Crippen LogP contribution in [0.3, 0.4) is 0 Å². The van der Waals surface area contributed by atoms with E-state index in [2.05, 4.69) is 18.3 Å². The van der Waals surface area contributed by atoms with Crippen molar-refractivity contribution < 1.29 is 0 Å². The van der Waals surface area contributed by atoms with Crippen molar-refractivity contribution in [1.29, 1.82) is 0 Å². The maximum atomic E-state index is 5.88. The number of hydrogen-bond acceptors (Lipinski definition) is 3. The Labute approximate surface area is 91.9 Å². The Balaban J connectivity index is 1.92. The molecule has 2 rings (SSSR count).